The van der Waals surface area contributed by atoms with Gasteiger partial charge in [-0.15, -0.1) is 0 Å². The summed E-state index contributed by atoms with van der Waals surface area (Å²) < 4.78 is 21.1. The number of allylic oxidation sites excluding steroid dienone is 2. The number of carbonyl (C=O) groups excluding carboxylic acids is 8. The molecule has 0 fully saturated rings. The van der Waals surface area contributed by atoms with Crippen LogP contribution >= 0.6 is 0 Å². The Morgan fingerprint density at radius 1 is 0.731 bits per heavy atom. The van der Waals surface area contributed by atoms with Crippen molar-refractivity contribution in [3.63, 3.8) is 0 Å². The number of benzene rings is 2. The maximum Gasteiger partial charge on any atom is 0.341 e. The van der Waals surface area contributed by atoms with E-state index in [2.05, 4.69) is 6.58 Å². The van der Waals surface area contributed by atoms with Gasteiger partial charge >= 0.3 is 11.9 Å². The average Bonchev–Trinajstić information content (AvgIpc) is 3.65. The van der Waals surface area contributed by atoms with Gasteiger partial charge in [0.1, 0.15) is 29.6 Å². The Bertz CT molecular complexity index is 1590. The third kappa shape index (κ3) is 13.7. The van der Waals surface area contributed by atoms with Gasteiger partial charge in [-0.1, -0.05) is 44.0 Å². The van der Waals surface area contributed by atoms with Gasteiger partial charge in [0.05, 0.1) is 39.9 Å². The van der Waals surface area contributed by atoms with Crippen molar-refractivity contribution >= 4 is 47.9 Å². The molecule has 1 aliphatic heterocycles. The van der Waals surface area contributed by atoms with Crippen LogP contribution in [-0.2, 0) is 43.0 Å². The molecule has 0 saturated carbocycles. The first-order valence-electron chi connectivity index (χ1n) is 16.5. The van der Waals surface area contributed by atoms with Crippen LogP contribution in [0.3, 0.4) is 0 Å². The smallest absolute Gasteiger partial charge is 0.341 e. The third-order valence-corrected chi connectivity index (χ3v) is 7.53. The normalized spacial score (nSPS) is 13.1. The molecule has 2 aromatic carbocycles. The fourth-order valence-electron chi connectivity index (χ4n) is 4.65. The topological polar surface area (TPSA) is 177 Å². The number of amides is 2. The van der Waals surface area contributed by atoms with Crippen molar-refractivity contribution in [2.75, 3.05) is 34.0 Å². The molecule has 0 saturated heterocycles. The van der Waals surface area contributed by atoms with Crippen LogP contribution in [0.4, 0.5) is 0 Å². The Balaban J connectivity index is 0.000000376. The Hall–Kier alpha value is -5.98. The average molecular weight is 718 g/mol. The highest BCUT2D eigenvalue weighted by Crippen LogP contribution is 2.28. The Morgan fingerprint density at radius 3 is 1.81 bits per heavy atom. The Labute approximate surface area is 302 Å². The van der Waals surface area contributed by atoms with Crippen molar-refractivity contribution in [1.29, 1.82) is 0 Å². The molecule has 0 bridgehead atoms. The van der Waals surface area contributed by atoms with E-state index >= 15 is 0 Å². The molecular formula is C39H43NO12. The van der Waals surface area contributed by atoms with Crippen LogP contribution in [0.15, 0.2) is 78.9 Å². The van der Waals surface area contributed by atoms with E-state index in [9.17, 15) is 38.4 Å². The second kappa shape index (κ2) is 22.7. The minimum absolute atomic E-state index is 0.0185. The minimum Gasteiger partial charge on any atom is -0.497 e. The van der Waals surface area contributed by atoms with Crippen LogP contribution in [0, 0.1) is 5.92 Å². The molecule has 276 valence electrons. The molecule has 0 radical (unpaired) electrons. The minimum atomic E-state index is -0.711. The molecule has 52 heavy (non-hydrogen) atoms. The lowest BCUT2D eigenvalue weighted by molar-refractivity contribution is -0.139. The standard InChI is InChI=1S/C26H32O6.C7H6O3.C6H5NO3/c1-19(2)25(27)31-16-8-6-5-7-9-17-32-26(28)23-18-21(12-15-24(23)30-4)20-10-13-22(29-3)14-11-20;8-4-3-5-6(9)1-2-7(5)10;8-4-3-7-5(9)1-2-6(7)10/h10-15,18H,1,5-9,16-17H2,2-4H3;1-2,4-5H,3H2;1-2,4H,3H2. The van der Waals surface area contributed by atoms with Crippen LogP contribution < -0.4 is 9.47 Å². The fraction of sp³-hybridized carbons (Fsp3) is 0.333. The number of unbranched alkanes of at least 4 members (excludes halogenated alkanes) is 4. The number of ether oxygens (including phenoxy) is 4. The molecule has 2 aromatic rings. The number of hydrogen-bond acceptors (Lipinski definition) is 12. The molecule has 0 atom stereocenters. The first-order chi connectivity index (χ1) is 25.0. The summed E-state index contributed by atoms with van der Waals surface area (Å²) in [5.74, 6) is -1.54. The van der Waals surface area contributed by atoms with Gasteiger partial charge in [-0.05, 0) is 67.3 Å². The number of methoxy groups -OCH3 is 2. The molecular weight excluding hydrogens is 674 g/mol. The van der Waals surface area contributed by atoms with Crippen LogP contribution in [0.1, 0.15) is 55.8 Å². The summed E-state index contributed by atoms with van der Waals surface area (Å²) in [6.07, 6.45) is 10.3. The van der Waals surface area contributed by atoms with Gasteiger partial charge in [-0.3, -0.25) is 24.1 Å². The predicted molar refractivity (Wildman–Crippen MR) is 189 cm³/mol. The van der Waals surface area contributed by atoms with E-state index in [1.807, 2.05) is 30.3 Å². The number of imide groups is 1. The largest absolute Gasteiger partial charge is 0.497 e. The van der Waals surface area contributed by atoms with Gasteiger partial charge in [0.25, 0.3) is 11.8 Å². The Kier molecular flexibility index (Phi) is 18.4. The van der Waals surface area contributed by atoms with E-state index in [1.54, 1.807) is 26.2 Å². The van der Waals surface area contributed by atoms with E-state index in [4.69, 9.17) is 18.9 Å². The summed E-state index contributed by atoms with van der Waals surface area (Å²) in [5.41, 5.74) is 2.68. The van der Waals surface area contributed by atoms with Crippen molar-refractivity contribution in [2.24, 2.45) is 5.92 Å². The number of rotatable bonds is 17. The molecule has 1 aliphatic carbocycles. The molecule has 2 amide bonds. The fourth-order valence-corrected chi connectivity index (χ4v) is 4.65. The first-order valence-corrected chi connectivity index (χ1v) is 16.5. The number of aldehydes is 2. The highest BCUT2D eigenvalue weighted by atomic mass is 16.5. The molecule has 13 heteroatoms. The maximum absolute atomic E-state index is 12.6. The van der Waals surface area contributed by atoms with Crippen molar-refractivity contribution in [3.8, 4) is 22.6 Å². The van der Waals surface area contributed by atoms with Crippen molar-refractivity contribution in [1.82, 2.24) is 4.90 Å². The van der Waals surface area contributed by atoms with Gasteiger partial charge < -0.3 is 28.5 Å². The zero-order valence-electron chi connectivity index (χ0n) is 29.5. The molecule has 0 N–H and O–H groups in total. The molecule has 0 spiro atoms. The highest BCUT2D eigenvalue weighted by molar-refractivity contribution is 6.19. The summed E-state index contributed by atoms with van der Waals surface area (Å²) in [4.78, 5) is 87.3. The highest BCUT2D eigenvalue weighted by Gasteiger charge is 2.27. The Morgan fingerprint density at radius 2 is 1.29 bits per heavy atom. The second-order valence-corrected chi connectivity index (χ2v) is 11.3. The second-order valence-electron chi connectivity index (χ2n) is 11.3. The van der Waals surface area contributed by atoms with Crippen LogP contribution in [0.25, 0.3) is 11.1 Å². The summed E-state index contributed by atoms with van der Waals surface area (Å²) in [5, 5.41) is 0. The third-order valence-electron chi connectivity index (χ3n) is 7.53. The molecule has 0 aromatic heterocycles. The van der Waals surface area contributed by atoms with E-state index in [1.165, 1.54) is 19.3 Å². The summed E-state index contributed by atoms with van der Waals surface area (Å²) in [6.45, 7) is 5.79. The van der Waals surface area contributed by atoms with E-state index in [-0.39, 0.29) is 30.5 Å². The first kappa shape index (κ1) is 42.2. The number of carbonyl (C=O) groups is 8. The van der Waals surface area contributed by atoms with Crippen molar-refractivity contribution < 1.29 is 57.3 Å². The number of esters is 2. The van der Waals surface area contributed by atoms with Gasteiger partial charge in [0, 0.05) is 24.1 Å². The molecule has 13 nitrogen and oxygen atoms in total. The lowest BCUT2D eigenvalue weighted by Gasteiger charge is -2.11. The molecule has 4 rings (SSSR count). The SMILES string of the molecule is C=C(C)C(=O)OCCCCCCCOC(=O)c1cc(-c2ccc(OC)cc2)ccc1OC.O=CCC1C(=O)C=CC1=O.O=CCN1C(=O)C=CC1=O. The summed E-state index contributed by atoms with van der Waals surface area (Å²) in [6, 6.07) is 13.1. The zero-order valence-corrected chi connectivity index (χ0v) is 29.5. The zero-order chi connectivity index (χ0) is 38.5. The lowest BCUT2D eigenvalue weighted by Crippen LogP contribution is -2.31. The molecule has 2 aliphatic rings. The molecule has 1 heterocycles. The summed E-state index contributed by atoms with van der Waals surface area (Å²) in [7, 11) is 3.16. The maximum atomic E-state index is 12.6. The van der Waals surface area contributed by atoms with Crippen molar-refractivity contribution in [3.05, 3.63) is 84.5 Å². The van der Waals surface area contributed by atoms with Gasteiger partial charge in [-0.25, -0.2) is 9.59 Å². The molecule has 0 unspecified atom stereocenters. The van der Waals surface area contributed by atoms with E-state index < -0.39 is 23.7 Å². The monoisotopic (exact) mass is 717 g/mol. The van der Waals surface area contributed by atoms with E-state index in [0.29, 0.717) is 42.7 Å². The number of hydrogen-bond donors (Lipinski definition) is 0. The summed E-state index contributed by atoms with van der Waals surface area (Å²) >= 11 is 0. The number of ketones is 2. The van der Waals surface area contributed by atoms with Crippen LogP contribution in [0.5, 0.6) is 11.5 Å². The lowest BCUT2D eigenvalue weighted by atomic mass is 10.0. The van der Waals surface area contributed by atoms with Gasteiger partial charge in [0.2, 0.25) is 0 Å². The predicted octanol–water partition coefficient (Wildman–Crippen LogP) is 4.61. The van der Waals surface area contributed by atoms with Gasteiger partial charge in [0.15, 0.2) is 11.6 Å². The van der Waals surface area contributed by atoms with Crippen LogP contribution in [0.2, 0.25) is 0 Å². The number of nitrogens with zero attached hydrogens (tertiary/aromatic N) is 1. The van der Waals surface area contributed by atoms with Gasteiger partial charge in [-0.2, -0.15) is 0 Å². The quantitative estimate of drug-likeness (QED) is 0.0556. The van der Waals surface area contributed by atoms with Crippen LogP contribution in [-0.4, -0.2) is 86.8 Å². The van der Waals surface area contributed by atoms with Crippen molar-refractivity contribution in [2.45, 2.75) is 45.4 Å². The van der Waals surface area contributed by atoms with E-state index in [0.717, 1.165) is 66.0 Å².